The van der Waals surface area contributed by atoms with Crippen LogP contribution in [0.2, 0.25) is 0 Å². The molecule has 1 atom stereocenters. The van der Waals surface area contributed by atoms with Crippen LogP contribution in [-0.4, -0.2) is 47.3 Å². The van der Waals surface area contributed by atoms with Gasteiger partial charge in [0.2, 0.25) is 0 Å². The Labute approximate surface area is 176 Å². The van der Waals surface area contributed by atoms with E-state index < -0.39 is 17.7 Å². The second-order valence-electron chi connectivity index (χ2n) is 6.29. The van der Waals surface area contributed by atoms with Gasteiger partial charge in [-0.15, -0.1) is 6.58 Å². The zero-order valence-electron chi connectivity index (χ0n) is 17.8. The molecule has 0 saturated heterocycles. The summed E-state index contributed by atoms with van der Waals surface area (Å²) in [4.78, 5) is 26.2. The van der Waals surface area contributed by atoms with E-state index in [0.717, 1.165) is 5.56 Å². The maximum absolute atomic E-state index is 13.6. The summed E-state index contributed by atoms with van der Waals surface area (Å²) >= 11 is 0. The van der Waals surface area contributed by atoms with Gasteiger partial charge in [0.1, 0.15) is 28.9 Å². The molecule has 0 heterocycles. The zero-order valence-corrected chi connectivity index (χ0v) is 17.8. The summed E-state index contributed by atoms with van der Waals surface area (Å²) in [5, 5.41) is 0. The zero-order chi connectivity index (χ0) is 22.3. The van der Waals surface area contributed by atoms with E-state index >= 15 is 0 Å². The largest absolute Gasteiger partial charge is 0.497 e. The Bertz CT molecular complexity index is 933. The fraction of sp³-hybridized carbons (Fsp3) is 0.304. The van der Waals surface area contributed by atoms with Gasteiger partial charge in [0.15, 0.2) is 5.78 Å². The number of benzene rings is 2. The molecule has 30 heavy (non-hydrogen) atoms. The number of allylic oxidation sites excluding steroid dienone is 1. The molecule has 2 aromatic rings. The van der Waals surface area contributed by atoms with Gasteiger partial charge >= 0.3 is 5.97 Å². The minimum absolute atomic E-state index is 0.225. The molecule has 0 aliphatic heterocycles. The predicted octanol–water partition coefficient (Wildman–Crippen LogP) is 3.59. The Morgan fingerprint density at radius 2 is 1.57 bits per heavy atom. The van der Waals surface area contributed by atoms with Gasteiger partial charge in [-0.25, -0.2) is 0 Å². The van der Waals surface area contributed by atoms with Crippen LogP contribution in [0, 0.1) is 0 Å². The molecule has 0 amide bonds. The highest BCUT2D eigenvalue weighted by Gasteiger charge is 2.35. The number of Topliss-reactive ketones (excluding diaryl/α,β-unsaturated/α-hetero) is 1. The van der Waals surface area contributed by atoms with Crippen molar-refractivity contribution >= 4 is 11.8 Å². The van der Waals surface area contributed by atoms with Crippen molar-refractivity contribution in [3.63, 3.8) is 0 Å². The molecule has 2 rings (SSSR count). The lowest BCUT2D eigenvalue weighted by molar-refractivity contribution is -0.141. The van der Waals surface area contributed by atoms with Crippen LogP contribution in [0.4, 0.5) is 0 Å². The first-order valence-corrected chi connectivity index (χ1v) is 9.15. The monoisotopic (exact) mass is 414 g/mol. The third-order valence-electron chi connectivity index (χ3n) is 4.68. The van der Waals surface area contributed by atoms with Gasteiger partial charge in [0.25, 0.3) is 0 Å². The van der Waals surface area contributed by atoms with E-state index in [0.29, 0.717) is 29.2 Å². The average Bonchev–Trinajstić information content (AvgIpc) is 2.78. The van der Waals surface area contributed by atoms with Crippen LogP contribution in [0.15, 0.2) is 43.0 Å². The normalized spacial score (nSPS) is 11.2. The third kappa shape index (κ3) is 4.56. The van der Waals surface area contributed by atoms with Crippen LogP contribution in [0.5, 0.6) is 23.0 Å². The van der Waals surface area contributed by atoms with Crippen molar-refractivity contribution in [2.24, 2.45) is 0 Å². The Kier molecular flexibility index (Phi) is 7.86. The van der Waals surface area contributed by atoms with Crippen molar-refractivity contribution in [3.8, 4) is 23.0 Å². The Morgan fingerprint density at radius 3 is 2.10 bits per heavy atom. The number of ether oxygens (including phenoxy) is 5. The van der Waals surface area contributed by atoms with Gasteiger partial charge in [-0.05, 0) is 24.1 Å². The number of carbonyl (C=O) groups excluding carboxylic acids is 2. The SMILES string of the molecule is C=CCc1cc(C(=O)C(C(=O)OC)c2ccc(OC)cc2OC)c(OC)cc1OC. The van der Waals surface area contributed by atoms with E-state index in [1.54, 1.807) is 36.4 Å². The first-order valence-electron chi connectivity index (χ1n) is 9.15. The van der Waals surface area contributed by atoms with Crippen LogP contribution in [0.3, 0.4) is 0 Å². The van der Waals surface area contributed by atoms with Crippen molar-refractivity contribution in [2.75, 3.05) is 35.5 Å². The summed E-state index contributed by atoms with van der Waals surface area (Å²) in [6, 6.07) is 8.12. The second-order valence-corrected chi connectivity index (χ2v) is 6.29. The van der Waals surface area contributed by atoms with Gasteiger partial charge in [-0.3, -0.25) is 9.59 Å². The van der Waals surface area contributed by atoms with E-state index in [1.807, 2.05) is 0 Å². The maximum Gasteiger partial charge on any atom is 0.321 e. The molecule has 7 nitrogen and oxygen atoms in total. The smallest absolute Gasteiger partial charge is 0.321 e. The van der Waals surface area contributed by atoms with Gasteiger partial charge in [0.05, 0.1) is 41.1 Å². The Morgan fingerprint density at radius 1 is 0.900 bits per heavy atom. The highest BCUT2D eigenvalue weighted by atomic mass is 16.5. The maximum atomic E-state index is 13.6. The van der Waals surface area contributed by atoms with E-state index in [-0.39, 0.29) is 11.3 Å². The number of esters is 1. The predicted molar refractivity (Wildman–Crippen MR) is 112 cm³/mol. The summed E-state index contributed by atoms with van der Waals surface area (Å²) in [5.41, 5.74) is 1.32. The van der Waals surface area contributed by atoms with Crippen LogP contribution >= 0.6 is 0 Å². The summed E-state index contributed by atoms with van der Waals surface area (Å²) in [7, 11) is 7.17. The van der Waals surface area contributed by atoms with Crippen LogP contribution in [-0.2, 0) is 16.0 Å². The fourth-order valence-corrected chi connectivity index (χ4v) is 3.18. The quantitative estimate of drug-likeness (QED) is 0.254. The minimum Gasteiger partial charge on any atom is -0.497 e. The molecule has 0 aliphatic rings. The van der Waals surface area contributed by atoms with Crippen molar-refractivity contribution < 1.29 is 33.3 Å². The molecule has 0 bridgehead atoms. The fourth-order valence-electron chi connectivity index (χ4n) is 3.18. The Balaban J connectivity index is 2.68. The van der Waals surface area contributed by atoms with Crippen LogP contribution in [0.25, 0.3) is 0 Å². The average molecular weight is 414 g/mol. The minimum atomic E-state index is -1.25. The lowest BCUT2D eigenvalue weighted by Crippen LogP contribution is -2.24. The molecule has 0 aromatic heterocycles. The molecular formula is C23H26O7. The highest BCUT2D eigenvalue weighted by molar-refractivity contribution is 6.14. The number of hydrogen-bond donors (Lipinski definition) is 0. The molecule has 1 unspecified atom stereocenters. The topological polar surface area (TPSA) is 80.3 Å². The van der Waals surface area contributed by atoms with E-state index in [4.69, 9.17) is 23.7 Å². The van der Waals surface area contributed by atoms with Crippen molar-refractivity contribution in [3.05, 3.63) is 59.7 Å². The summed E-state index contributed by atoms with van der Waals surface area (Å²) in [5.74, 6) is -0.763. The molecule has 160 valence electrons. The summed E-state index contributed by atoms with van der Waals surface area (Å²) in [6.07, 6.45) is 2.17. The molecule has 0 spiro atoms. The van der Waals surface area contributed by atoms with Gasteiger partial charge in [-0.1, -0.05) is 12.1 Å². The molecule has 0 aliphatic carbocycles. The van der Waals surface area contributed by atoms with Gasteiger partial charge in [-0.2, -0.15) is 0 Å². The molecule has 7 heteroatoms. The van der Waals surface area contributed by atoms with Crippen molar-refractivity contribution in [1.29, 1.82) is 0 Å². The lowest BCUT2D eigenvalue weighted by atomic mass is 9.88. The van der Waals surface area contributed by atoms with Gasteiger partial charge < -0.3 is 23.7 Å². The first kappa shape index (κ1) is 22.8. The molecule has 2 aromatic carbocycles. The van der Waals surface area contributed by atoms with Crippen LogP contribution < -0.4 is 18.9 Å². The van der Waals surface area contributed by atoms with Crippen LogP contribution in [0.1, 0.15) is 27.4 Å². The highest BCUT2D eigenvalue weighted by Crippen LogP contribution is 2.37. The summed E-state index contributed by atoms with van der Waals surface area (Å²) in [6.45, 7) is 3.74. The van der Waals surface area contributed by atoms with Gasteiger partial charge in [0, 0.05) is 17.7 Å². The Hall–Kier alpha value is -3.48. The first-order chi connectivity index (χ1) is 14.4. The molecule has 0 radical (unpaired) electrons. The number of rotatable bonds is 10. The molecule has 0 saturated carbocycles. The molecular weight excluding hydrogens is 388 g/mol. The summed E-state index contributed by atoms with van der Waals surface area (Å²) < 4.78 is 26.3. The number of methoxy groups -OCH3 is 5. The third-order valence-corrected chi connectivity index (χ3v) is 4.68. The van der Waals surface area contributed by atoms with Crippen molar-refractivity contribution in [1.82, 2.24) is 0 Å². The number of carbonyl (C=O) groups is 2. The van der Waals surface area contributed by atoms with E-state index in [1.165, 1.54) is 35.5 Å². The second kappa shape index (κ2) is 10.3. The lowest BCUT2D eigenvalue weighted by Gasteiger charge is -2.20. The van der Waals surface area contributed by atoms with Crippen molar-refractivity contribution in [2.45, 2.75) is 12.3 Å². The molecule has 0 fully saturated rings. The number of ketones is 1. The number of hydrogen-bond acceptors (Lipinski definition) is 7. The molecule has 0 N–H and O–H groups in total. The van der Waals surface area contributed by atoms with E-state index in [9.17, 15) is 9.59 Å². The standard InChI is InChI=1S/C23H26O7/c1-7-8-14-11-17(20(29-5)13-18(14)27-3)22(24)21(23(25)30-6)16-10-9-15(26-2)12-19(16)28-4/h7,9-13,21H,1,8H2,2-6H3. The van der Waals surface area contributed by atoms with E-state index in [2.05, 4.69) is 6.58 Å².